The number of hydrogen-bond donors (Lipinski definition) is 0. The Morgan fingerprint density at radius 3 is 1.25 bits per heavy atom. The SMILES string of the molecule is CC\C=C/C=C\C=C/C=C\C=C\C=C/C=C\CCCCCC(=O)OCC(COC(=O)CCCC/C=C\C/C=C\CC)OC(=O)CCCCCCCCCCCCCCC. The van der Waals surface area contributed by atoms with Crippen molar-refractivity contribution >= 4 is 17.9 Å². The zero-order valence-corrected chi connectivity index (χ0v) is 37.7. The molecule has 0 aliphatic rings. The highest BCUT2D eigenvalue weighted by Gasteiger charge is 2.19. The fourth-order valence-electron chi connectivity index (χ4n) is 5.99. The minimum absolute atomic E-state index is 0.111. The lowest BCUT2D eigenvalue weighted by molar-refractivity contribution is -0.167. The first kappa shape index (κ1) is 55.1. The van der Waals surface area contributed by atoms with Crippen LogP contribution in [-0.2, 0) is 28.6 Å². The number of ether oxygens (including phenoxy) is 3. The van der Waals surface area contributed by atoms with Crippen LogP contribution in [0.25, 0.3) is 0 Å². The lowest BCUT2D eigenvalue weighted by Crippen LogP contribution is -2.30. The van der Waals surface area contributed by atoms with E-state index in [1.54, 1.807) is 0 Å². The summed E-state index contributed by atoms with van der Waals surface area (Å²) in [6, 6.07) is 0. The zero-order chi connectivity index (χ0) is 43.0. The Balaban J connectivity index is 4.49. The van der Waals surface area contributed by atoms with Gasteiger partial charge in [0, 0.05) is 19.3 Å². The Morgan fingerprint density at radius 2 is 0.746 bits per heavy atom. The largest absolute Gasteiger partial charge is 0.462 e. The minimum atomic E-state index is -0.808. The summed E-state index contributed by atoms with van der Waals surface area (Å²) in [5.74, 6) is -0.999. The van der Waals surface area contributed by atoms with Gasteiger partial charge in [-0.05, 0) is 64.2 Å². The zero-order valence-electron chi connectivity index (χ0n) is 37.7. The van der Waals surface area contributed by atoms with E-state index < -0.39 is 6.10 Å². The Hall–Kier alpha value is -3.93. The first-order valence-corrected chi connectivity index (χ1v) is 23.5. The number of rotatable bonds is 40. The summed E-state index contributed by atoms with van der Waals surface area (Å²) in [6.07, 6.45) is 62.2. The van der Waals surface area contributed by atoms with Crippen molar-refractivity contribution in [2.75, 3.05) is 13.2 Å². The van der Waals surface area contributed by atoms with E-state index in [1.807, 2.05) is 72.9 Å². The van der Waals surface area contributed by atoms with Crippen LogP contribution in [0.2, 0.25) is 0 Å². The molecule has 0 fully saturated rings. The van der Waals surface area contributed by atoms with E-state index in [1.165, 1.54) is 64.2 Å². The van der Waals surface area contributed by atoms with Gasteiger partial charge in [0.05, 0.1) is 0 Å². The Kier molecular flexibility index (Phi) is 43.6. The third-order valence-electron chi connectivity index (χ3n) is 9.47. The van der Waals surface area contributed by atoms with Crippen LogP contribution in [0.5, 0.6) is 0 Å². The van der Waals surface area contributed by atoms with Crippen LogP contribution < -0.4 is 0 Å². The first-order valence-electron chi connectivity index (χ1n) is 23.5. The normalized spacial score (nSPS) is 13.1. The van der Waals surface area contributed by atoms with Gasteiger partial charge >= 0.3 is 17.9 Å². The second-order valence-electron chi connectivity index (χ2n) is 15.1. The predicted molar refractivity (Wildman–Crippen MR) is 251 cm³/mol. The molecule has 0 radical (unpaired) electrons. The number of hydrogen-bond acceptors (Lipinski definition) is 6. The summed E-state index contributed by atoms with van der Waals surface area (Å²) in [6.45, 7) is 6.27. The van der Waals surface area contributed by atoms with Crippen molar-refractivity contribution in [3.8, 4) is 0 Å². The van der Waals surface area contributed by atoms with Gasteiger partial charge in [0.25, 0.3) is 0 Å². The monoisotopic (exact) mass is 817 g/mol. The molecule has 0 saturated carbocycles. The molecule has 0 rings (SSSR count). The van der Waals surface area contributed by atoms with Gasteiger partial charge < -0.3 is 14.2 Å². The van der Waals surface area contributed by atoms with Crippen LogP contribution in [-0.4, -0.2) is 37.2 Å². The molecule has 0 N–H and O–H groups in total. The quantitative estimate of drug-likeness (QED) is 0.0201. The fraction of sp³-hybridized carbons (Fsp3) is 0.604. The van der Waals surface area contributed by atoms with Crippen molar-refractivity contribution in [2.45, 2.75) is 194 Å². The molecule has 59 heavy (non-hydrogen) atoms. The molecule has 0 spiro atoms. The summed E-state index contributed by atoms with van der Waals surface area (Å²) in [4.78, 5) is 37.7. The van der Waals surface area contributed by atoms with Gasteiger partial charge in [0.1, 0.15) is 13.2 Å². The standard InChI is InChI=1S/C53H84O6/c1-4-7-10-13-16-19-21-23-24-25-26-27-28-30-31-34-37-40-43-46-52(55)58-49-50(48-57-51(54)45-42-39-36-33-18-15-12-9-6-3)59-53(56)47-44-41-38-35-32-29-22-20-17-14-11-8-5-2/h7,9-10,12-13,16,18-19,21,23-28,30-31,33,50H,4-6,8,11,14-15,17,20,22,29,32,34-49H2,1-3H3/b10-7-,12-9-,16-13-,21-19-,24-23-,26-25+,28-27-,31-30-,33-18-. The maximum absolute atomic E-state index is 12.7. The summed E-state index contributed by atoms with van der Waals surface area (Å²) < 4.78 is 16.6. The first-order chi connectivity index (χ1) is 29.0. The van der Waals surface area contributed by atoms with Crippen LogP contribution in [0, 0.1) is 0 Å². The van der Waals surface area contributed by atoms with Gasteiger partial charge in [-0.2, -0.15) is 0 Å². The summed E-state index contributed by atoms with van der Waals surface area (Å²) >= 11 is 0. The maximum Gasteiger partial charge on any atom is 0.306 e. The van der Waals surface area contributed by atoms with Crippen LogP contribution in [0.4, 0.5) is 0 Å². The molecular weight excluding hydrogens is 733 g/mol. The lowest BCUT2D eigenvalue weighted by atomic mass is 10.0. The molecule has 6 nitrogen and oxygen atoms in total. The molecule has 0 aliphatic heterocycles. The Bertz CT molecular complexity index is 1260. The number of unbranched alkanes of at least 4 members (excludes halogenated alkanes) is 17. The number of carbonyl (C=O) groups is 3. The molecule has 0 heterocycles. The molecule has 332 valence electrons. The Morgan fingerprint density at radius 1 is 0.373 bits per heavy atom. The highest BCUT2D eigenvalue weighted by molar-refractivity contribution is 5.71. The average Bonchev–Trinajstić information content (AvgIpc) is 3.23. The van der Waals surface area contributed by atoms with Crippen molar-refractivity contribution in [1.82, 2.24) is 0 Å². The smallest absolute Gasteiger partial charge is 0.306 e. The highest BCUT2D eigenvalue weighted by atomic mass is 16.6. The molecule has 0 aromatic carbocycles. The summed E-state index contributed by atoms with van der Waals surface area (Å²) in [5.41, 5.74) is 0. The summed E-state index contributed by atoms with van der Waals surface area (Å²) in [5, 5.41) is 0. The van der Waals surface area contributed by atoms with Crippen molar-refractivity contribution in [3.05, 3.63) is 109 Å². The highest BCUT2D eigenvalue weighted by Crippen LogP contribution is 2.14. The molecule has 0 saturated heterocycles. The molecule has 0 aromatic heterocycles. The third-order valence-corrected chi connectivity index (χ3v) is 9.47. The fourth-order valence-corrected chi connectivity index (χ4v) is 5.99. The molecule has 0 aromatic rings. The van der Waals surface area contributed by atoms with Gasteiger partial charge in [0.2, 0.25) is 0 Å². The molecular formula is C53H84O6. The van der Waals surface area contributed by atoms with Gasteiger partial charge in [-0.1, -0.05) is 214 Å². The minimum Gasteiger partial charge on any atom is -0.462 e. The number of esters is 3. The number of allylic oxidation sites excluding steroid dienone is 18. The van der Waals surface area contributed by atoms with E-state index >= 15 is 0 Å². The van der Waals surface area contributed by atoms with E-state index in [4.69, 9.17) is 14.2 Å². The van der Waals surface area contributed by atoms with Crippen LogP contribution >= 0.6 is 0 Å². The molecule has 0 bridgehead atoms. The molecule has 1 unspecified atom stereocenters. The number of carbonyl (C=O) groups excluding carboxylic acids is 3. The van der Waals surface area contributed by atoms with Crippen LogP contribution in [0.1, 0.15) is 188 Å². The Labute approximate surface area is 361 Å². The van der Waals surface area contributed by atoms with E-state index in [0.717, 1.165) is 83.5 Å². The van der Waals surface area contributed by atoms with E-state index in [9.17, 15) is 14.4 Å². The second kappa shape index (κ2) is 46.8. The lowest BCUT2D eigenvalue weighted by Gasteiger charge is -2.18. The average molecular weight is 817 g/mol. The third kappa shape index (κ3) is 45.0. The van der Waals surface area contributed by atoms with E-state index in [0.29, 0.717) is 19.3 Å². The second-order valence-corrected chi connectivity index (χ2v) is 15.1. The van der Waals surface area contributed by atoms with Crippen molar-refractivity contribution in [2.24, 2.45) is 0 Å². The van der Waals surface area contributed by atoms with E-state index in [2.05, 4.69) is 57.2 Å². The molecule has 6 heteroatoms. The van der Waals surface area contributed by atoms with Crippen LogP contribution in [0.3, 0.4) is 0 Å². The van der Waals surface area contributed by atoms with Gasteiger partial charge in [-0.3, -0.25) is 14.4 Å². The molecule has 0 amide bonds. The van der Waals surface area contributed by atoms with Crippen LogP contribution in [0.15, 0.2) is 109 Å². The maximum atomic E-state index is 12.7. The molecule has 1 atom stereocenters. The van der Waals surface area contributed by atoms with Gasteiger partial charge in [-0.25, -0.2) is 0 Å². The topological polar surface area (TPSA) is 78.9 Å². The van der Waals surface area contributed by atoms with Crippen molar-refractivity contribution < 1.29 is 28.6 Å². The van der Waals surface area contributed by atoms with Crippen molar-refractivity contribution in [1.29, 1.82) is 0 Å². The van der Waals surface area contributed by atoms with Crippen molar-refractivity contribution in [3.63, 3.8) is 0 Å². The summed E-state index contributed by atoms with van der Waals surface area (Å²) in [7, 11) is 0. The van der Waals surface area contributed by atoms with E-state index in [-0.39, 0.29) is 31.1 Å². The predicted octanol–water partition coefficient (Wildman–Crippen LogP) is 15.2. The van der Waals surface area contributed by atoms with Gasteiger partial charge in [0.15, 0.2) is 6.10 Å². The van der Waals surface area contributed by atoms with Gasteiger partial charge in [-0.15, -0.1) is 0 Å². The molecule has 0 aliphatic carbocycles.